The molecule has 1 aliphatic heterocycles. The van der Waals surface area contributed by atoms with E-state index in [4.69, 9.17) is 27.9 Å². The van der Waals surface area contributed by atoms with Crippen LogP contribution in [0, 0.1) is 0 Å². The summed E-state index contributed by atoms with van der Waals surface area (Å²) in [7, 11) is 0. The number of nitrogens with zero attached hydrogens (tertiary/aromatic N) is 2. The lowest BCUT2D eigenvalue weighted by molar-refractivity contribution is -0.117. The minimum absolute atomic E-state index is 0.102. The maximum Gasteiger partial charge on any atom is 0.235 e. The average Bonchev–Trinajstić information content (AvgIpc) is 2.87. The van der Waals surface area contributed by atoms with Crippen LogP contribution in [0.25, 0.3) is 0 Å². The molecule has 1 aromatic heterocycles. The van der Waals surface area contributed by atoms with Crippen molar-refractivity contribution in [3.8, 4) is 5.75 Å². The smallest absolute Gasteiger partial charge is 0.235 e. The standard InChI is InChI=1S/C13H9Cl2N3O2/c14-11-10(12(15)17-6-16-11)18-13(19)8-5-20-9-4-2-1-3-7(8)9/h1-4,6,8H,5H2,(H,18,19). The molecule has 102 valence electrons. The van der Waals surface area contributed by atoms with Gasteiger partial charge < -0.3 is 10.1 Å². The van der Waals surface area contributed by atoms with Crippen LogP contribution in [0.3, 0.4) is 0 Å². The lowest BCUT2D eigenvalue weighted by Gasteiger charge is -2.11. The lowest BCUT2D eigenvalue weighted by atomic mass is 10.0. The highest BCUT2D eigenvalue weighted by molar-refractivity contribution is 6.38. The monoisotopic (exact) mass is 309 g/mol. The van der Waals surface area contributed by atoms with Crippen LogP contribution in [0.4, 0.5) is 5.69 Å². The van der Waals surface area contributed by atoms with Gasteiger partial charge in [-0.05, 0) is 6.07 Å². The molecule has 7 heteroatoms. The molecule has 1 aromatic carbocycles. The first-order valence-electron chi connectivity index (χ1n) is 5.85. The minimum Gasteiger partial charge on any atom is -0.492 e. The molecule has 3 rings (SSSR count). The van der Waals surface area contributed by atoms with Crippen LogP contribution < -0.4 is 10.1 Å². The van der Waals surface area contributed by atoms with Gasteiger partial charge in [0.2, 0.25) is 5.91 Å². The van der Waals surface area contributed by atoms with E-state index >= 15 is 0 Å². The maximum absolute atomic E-state index is 12.3. The van der Waals surface area contributed by atoms with Gasteiger partial charge in [0.05, 0.1) is 0 Å². The number of carbonyl (C=O) groups excluding carboxylic acids is 1. The van der Waals surface area contributed by atoms with Crippen LogP contribution in [0.1, 0.15) is 11.5 Å². The minimum atomic E-state index is -0.404. The molecular formula is C13H9Cl2N3O2. The van der Waals surface area contributed by atoms with Gasteiger partial charge in [0.15, 0.2) is 10.3 Å². The summed E-state index contributed by atoms with van der Waals surface area (Å²) in [6.45, 7) is 0.286. The first-order chi connectivity index (χ1) is 9.66. The van der Waals surface area contributed by atoms with Crippen molar-refractivity contribution in [2.75, 3.05) is 11.9 Å². The molecule has 1 aliphatic rings. The third-order valence-electron chi connectivity index (χ3n) is 3.02. The molecule has 0 fully saturated rings. The Labute approximate surface area is 124 Å². The molecule has 1 atom stereocenters. The first kappa shape index (κ1) is 13.1. The van der Waals surface area contributed by atoms with E-state index in [9.17, 15) is 4.79 Å². The molecule has 0 spiro atoms. The van der Waals surface area contributed by atoms with Crippen LogP contribution in [0.2, 0.25) is 10.3 Å². The average molecular weight is 310 g/mol. The molecule has 2 heterocycles. The van der Waals surface area contributed by atoms with Gasteiger partial charge in [-0.2, -0.15) is 0 Å². The number of benzene rings is 1. The quantitative estimate of drug-likeness (QED) is 0.866. The summed E-state index contributed by atoms with van der Waals surface area (Å²) >= 11 is 11.8. The van der Waals surface area contributed by atoms with E-state index < -0.39 is 5.92 Å². The number of anilines is 1. The number of hydrogen-bond donors (Lipinski definition) is 1. The van der Waals surface area contributed by atoms with Crippen molar-refractivity contribution < 1.29 is 9.53 Å². The number of ether oxygens (including phenoxy) is 1. The molecule has 0 saturated heterocycles. The largest absolute Gasteiger partial charge is 0.492 e. The second-order valence-electron chi connectivity index (χ2n) is 4.22. The second-order valence-corrected chi connectivity index (χ2v) is 4.94. The molecule has 1 unspecified atom stereocenters. The Kier molecular flexibility index (Phi) is 3.46. The van der Waals surface area contributed by atoms with Gasteiger partial charge in [-0.25, -0.2) is 9.97 Å². The summed E-state index contributed by atoms with van der Waals surface area (Å²) in [5, 5.41) is 2.86. The second kappa shape index (κ2) is 5.26. The zero-order valence-electron chi connectivity index (χ0n) is 10.1. The molecule has 0 aliphatic carbocycles. The highest BCUT2D eigenvalue weighted by Crippen LogP contribution is 2.35. The van der Waals surface area contributed by atoms with Crippen molar-refractivity contribution in [3.63, 3.8) is 0 Å². The number of halogens is 2. The van der Waals surface area contributed by atoms with Crippen molar-refractivity contribution in [2.45, 2.75) is 5.92 Å². The van der Waals surface area contributed by atoms with Crippen molar-refractivity contribution in [2.24, 2.45) is 0 Å². The Bertz CT molecular complexity index is 658. The van der Waals surface area contributed by atoms with Crippen molar-refractivity contribution >= 4 is 34.8 Å². The van der Waals surface area contributed by atoms with Crippen molar-refractivity contribution in [3.05, 3.63) is 46.5 Å². The summed E-state index contributed by atoms with van der Waals surface area (Å²) < 4.78 is 5.47. The lowest BCUT2D eigenvalue weighted by Crippen LogP contribution is -2.22. The Balaban J connectivity index is 1.85. The number of rotatable bonds is 2. The topological polar surface area (TPSA) is 64.1 Å². The van der Waals surface area contributed by atoms with Gasteiger partial charge in [0, 0.05) is 5.56 Å². The predicted molar refractivity (Wildman–Crippen MR) is 75.4 cm³/mol. The molecule has 20 heavy (non-hydrogen) atoms. The highest BCUT2D eigenvalue weighted by Gasteiger charge is 2.30. The number of aromatic nitrogens is 2. The molecule has 0 radical (unpaired) electrons. The third kappa shape index (κ3) is 2.30. The van der Waals surface area contributed by atoms with E-state index in [0.717, 1.165) is 5.56 Å². The van der Waals surface area contributed by atoms with Crippen molar-refractivity contribution in [1.29, 1.82) is 0 Å². The fourth-order valence-electron chi connectivity index (χ4n) is 2.04. The Hall–Kier alpha value is -1.85. The first-order valence-corrected chi connectivity index (χ1v) is 6.61. The SMILES string of the molecule is O=C(Nc1c(Cl)ncnc1Cl)C1COc2ccccc21. The highest BCUT2D eigenvalue weighted by atomic mass is 35.5. The summed E-state index contributed by atoms with van der Waals surface area (Å²) in [4.78, 5) is 19.9. The fraction of sp³-hybridized carbons (Fsp3) is 0.154. The summed E-state index contributed by atoms with van der Waals surface area (Å²) in [5.41, 5.74) is 1.05. The van der Waals surface area contributed by atoms with Gasteiger partial charge in [-0.15, -0.1) is 0 Å². The van der Waals surface area contributed by atoms with Gasteiger partial charge >= 0.3 is 0 Å². The van der Waals surface area contributed by atoms with Gasteiger partial charge in [-0.1, -0.05) is 41.4 Å². The Morgan fingerprint density at radius 3 is 2.70 bits per heavy atom. The number of fused-ring (bicyclic) bond motifs is 1. The van der Waals surface area contributed by atoms with Crippen LogP contribution in [-0.2, 0) is 4.79 Å². The Morgan fingerprint density at radius 2 is 1.95 bits per heavy atom. The summed E-state index contributed by atoms with van der Waals surface area (Å²) in [5.74, 6) is 0.0567. The maximum atomic E-state index is 12.3. The fourth-order valence-corrected chi connectivity index (χ4v) is 2.45. The Morgan fingerprint density at radius 1 is 1.25 bits per heavy atom. The normalized spacial score (nSPS) is 16.4. The number of amides is 1. The molecular weight excluding hydrogens is 301 g/mol. The van der Waals surface area contributed by atoms with E-state index in [1.54, 1.807) is 0 Å². The molecule has 0 saturated carbocycles. The van der Waals surface area contributed by atoms with E-state index in [0.29, 0.717) is 5.75 Å². The number of carbonyl (C=O) groups is 1. The van der Waals surface area contributed by atoms with E-state index in [1.165, 1.54) is 6.33 Å². The zero-order chi connectivity index (χ0) is 14.1. The number of hydrogen-bond acceptors (Lipinski definition) is 4. The van der Waals surface area contributed by atoms with Gasteiger partial charge in [0.25, 0.3) is 0 Å². The van der Waals surface area contributed by atoms with Gasteiger partial charge in [-0.3, -0.25) is 4.79 Å². The summed E-state index contributed by atoms with van der Waals surface area (Å²) in [6, 6.07) is 7.41. The van der Waals surface area contributed by atoms with E-state index in [-0.39, 0.29) is 28.5 Å². The van der Waals surface area contributed by atoms with Crippen LogP contribution in [0.15, 0.2) is 30.6 Å². The molecule has 5 nitrogen and oxygen atoms in total. The van der Waals surface area contributed by atoms with Gasteiger partial charge in [0.1, 0.15) is 30.3 Å². The zero-order valence-corrected chi connectivity index (χ0v) is 11.6. The van der Waals surface area contributed by atoms with Crippen molar-refractivity contribution in [1.82, 2.24) is 9.97 Å². The van der Waals surface area contributed by atoms with Crippen LogP contribution in [-0.4, -0.2) is 22.5 Å². The van der Waals surface area contributed by atoms with Crippen LogP contribution in [0.5, 0.6) is 5.75 Å². The van der Waals surface area contributed by atoms with E-state index in [2.05, 4.69) is 15.3 Å². The van der Waals surface area contributed by atoms with E-state index in [1.807, 2.05) is 24.3 Å². The predicted octanol–water partition coefficient (Wildman–Crippen LogP) is 2.90. The van der Waals surface area contributed by atoms with Crippen LogP contribution >= 0.6 is 23.2 Å². The molecule has 1 amide bonds. The number of para-hydroxylation sites is 1. The molecule has 0 bridgehead atoms. The molecule has 2 aromatic rings. The third-order valence-corrected chi connectivity index (χ3v) is 3.59. The summed E-state index contributed by atoms with van der Waals surface area (Å²) in [6.07, 6.45) is 1.23. The molecule has 1 N–H and O–H groups in total. The number of nitrogens with one attached hydrogen (secondary N) is 1.